The SMILES string of the molecule is O=C(/C=C/c1ccc(Cl)c(Cl)c1)NCCCCCN1CCC(CCCNC(=O)/C=C/c2ccccc2)CC1. The summed E-state index contributed by atoms with van der Waals surface area (Å²) in [6.45, 7) is 4.87. The normalized spacial score (nSPS) is 14.8. The van der Waals surface area contributed by atoms with Gasteiger partial charge in [-0.15, -0.1) is 0 Å². The lowest BCUT2D eigenvalue weighted by Gasteiger charge is -2.32. The van der Waals surface area contributed by atoms with Gasteiger partial charge in [-0.1, -0.05) is 66.0 Å². The van der Waals surface area contributed by atoms with Crippen molar-refractivity contribution in [2.45, 2.75) is 44.9 Å². The average molecular weight is 557 g/mol. The molecule has 1 aliphatic heterocycles. The van der Waals surface area contributed by atoms with Crippen LogP contribution in [0.2, 0.25) is 10.0 Å². The predicted octanol–water partition coefficient (Wildman–Crippen LogP) is 6.61. The molecule has 7 heteroatoms. The first kappa shape index (κ1) is 29.9. The Morgan fingerprint density at radius 1 is 0.789 bits per heavy atom. The van der Waals surface area contributed by atoms with Gasteiger partial charge in [0.25, 0.3) is 0 Å². The fourth-order valence-electron chi connectivity index (χ4n) is 4.59. The Morgan fingerprint density at radius 3 is 2.13 bits per heavy atom. The number of amides is 2. The second-order valence-corrected chi connectivity index (χ2v) is 10.6. The number of nitrogens with zero attached hydrogens (tertiary/aromatic N) is 1. The molecule has 38 heavy (non-hydrogen) atoms. The highest BCUT2D eigenvalue weighted by molar-refractivity contribution is 6.42. The number of carbonyl (C=O) groups is 2. The molecule has 0 spiro atoms. The van der Waals surface area contributed by atoms with Crippen LogP contribution >= 0.6 is 23.2 Å². The molecule has 2 N–H and O–H groups in total. The topological polar surface area (TPSA) is 61.4 Å². The highest BCUT2D eigenvalue weighted by atomic mass is 35.5. The standard InChI is InChI=1S/C31H39Cl2N3O2/c32-28-14-11-27(24-29(28)33)13-16-31(38)34-19-5-2-6-21-36-22-17-26(18-23-36)10-7-20-35-30(37)15-12-25-8-3-1-4-9-25/h1,3-4,8-9,11-16,24,26H,2,5-7,10,17-23H2,(H,34,38)(H,35,37)/b15-12+,16-13+. The molecule has 2 aromatic rings. The minimum Gasteiger partial charge on any atom is -0.353 e. The van der Waals surface area contributed by atoms with Crippen molar-refractivity contribution >= 4 is 47.2 Å². The van der Waals surface area contributed by atoms with E-state index in [0.29, 0.717) is 16.6 Å². The van der Waals surface area contributed by atoms with Gasteiger partial charge in [0.1, 0.15) is 0 Å². The van der Waals surface area contributed by atoms with E-state index in [4.69, 9.17) is 23.2 Å². The van der Waals surface area contributed by atoms with E-state index in [2.05, 4.69) is 15.5 Å². The van der Waals surface area contributed by atoms with E-state index in [1.807, 2.05) is 42.5 Å². The Labute approximate surface area is 237 Å². The highest BCUT2D eigenvalue weighted by Crippen LogP contribution is 2.23. The molecule has 0 bridgehead atoms. The lowest BCUT2D eigenvalue weighted by molar-refractivity contribution is -0.117. The molecule has 0 atom stereocenters. The fraction of sp³-hybridized carbons (Fsp3) is 0.419. The van der Waals surface area contributed by atoms with Crippen molar-refractivity contribution in [2.75, 3.05) is 32.7 Å². The maximum absolute atomic E-state index is 12.0. The summed E-state index contributed by atoms with van der Waals surface area (Å²) in [5.41, 5.74) is 1.88. The third-order valence-corrected chi connectivity index (χ3v) is 7.58. The van der Waals surface area contributed by atoms with E-state index >= 15 is 0 Å². The van der Waals surface area contributed by atoms with Gasteiger partial charge in [-0.25, -0.2) is 0 Å². The molecule has 204 valence electrons. The van der Waals surface area contributed by atoms with Gasteiger partial charge in [0.05, 0.1) is 10.0 Å². The molecular weight excluding hydrogens is 517 g/mol. The number of benzene rings is 2. The minimum absolute atomic E-state index is 0.0250. The largest absolute Gasteiger partial charge is 0.353 e. The first-order chi connectivity index (χ1) is 18.5. The summed E-state index contributed by atoms with van der Waals surface area (Å²) in [5.74, 6) is 0.638. The summed E-state index contributed by atoms with van der Waals surface area (Å²) >= 11 is 11.9. The van der Waals surface area contributed by atoms with E-state index in [0.717, 1.165) is 68.9 Å². The van der Waals surface area contributed by atoms with Crippen LogP contribution in [-0.2, 0) is 9.59 Å². The molecule has 2 amide bonds. The van der Waals surface area contributed by atoms with E-state index < -0.39 is 0 Å². The van der Waals surface area contributed by atoms with Gasteiger partial charge < -0.3 is 15.5 Å². The molecule has 0 saturated carbocycles. The van der Waals surface area contributed by atoms with E-state index in [1.54, 1.807) is 24.3 Å². The summed E-state index contributed by atoms with van der Waals surface area (Å²) in [6, 6.07) is 15.2. The van der Waals surface area contributed by atoms with Crippen molar-refractivity contribution in [3.8, 4) is 0 Å². The van der Waals surface area contributed by atoms with Gasteiger partial charge in [-0.3, -0.25) is 9.59 Å². The van der Waals surface area contributed by atoms with Crippen LogP contribution in [-0.4, -0.2) is 49.4 Å². The molecule has 1 aliphatic rings. The van der Waals surface area contributed by atoms with Crippen molar-refractivity contribution in [1.29, 1.82) is 0 Å². The quantitative estimate of drug-likeness (QED) is 0.203. The monoisotopic (exact) mass is 555 g/mol. The fourth-order valence-corrected chi connectivity index (χ4v) is 4.90. The number of hydrogen-bond donors (Lipinski definition) is 2. The first-order valence-corrected chi connectivity index (χ1v) is 14.4. The van der Waals surface area contributed by atoms with Crippen molar-refractivity contribution in [3.05, 3.63) is 81.9 Å². The minimum atomic E-state index is -0.0960. The predicted molar refractivity (Wildman–Crippen MR) is 159 cm³/mol. The zero-order valence-electron chi connectivity index (χ0n) is 22.0. The molecule has 5 nitrogen and oxygen atoms in total. The number of likely N-dealkylation sites (tertiary alicyclic amines) is 1. The maximum atomic E-state index is 12.0. The van der Waals surface area contributed by atoms with E-state index in [-0.39, 0.29) is 11.8 Å². The third kappa shape index (κ3) is 11.8. The summed E-state index contributed by atoms with van der Waals surface area (Å²) < 4.78 is 0. The first-order valence-electron chi connectivity index (χ1n) is 13.6. The lowest BCUT2D eigenvalue weighted by atomic mass is 9.92. The van der Waals surface area contributed by atoms with E-state index in [1.165, 1.54) is 25.3 Å². The third-order valence-electron chi connectivity index (χ3n) is 6.84. The van der Waals surface area contributed by atoms with Crippen LogP contribution in [0.1, 0.15) is 56.1 Å². The Hall–Kier alpha value is -2.60. The van der Waals surface area contributed by atoms with Crippen LogP contribution in [0.25, 0.3) is 12.2 Å². The molecular formula is C31H39Cl2N3O2. The molecule has 2 aromatic carbocycles. The molecule has 1 heterocycles. The summed E-state index contributed by atoms with van der Waals surface area (Å²) in [5, 5.41) is 6.92. The number of unbranched alkanes of at least 4 members (excludes halogenated alkanes) is 2. The number of hydrogen-bond acceptors (Lipinski definition) is 3. The van der Waals surface area contributed by atoms with Crippen LogP contribution in [0.15, 0.2) is 60.7 Å². The maximum Gasteiger partial charge on any atom is 0.243 e. The van der Waals surface area contributed by atoms with Crippen molar-refractivity contribution in [3.63, 3.8) is 0 Å². The Morgan fingerprint density at radius 2 is 1.45 bits per heavy atom. The second kappa shape index (κ2) is 17.1. The molecule has 0 aliphatic carbocycles. The second-order valence-electron chi connectivity index (χ2n) is 9.82. The highest BCUT2D eigenvalue weighted by Gasteiger charge is 2.18. The van der Waals surface area contributed by atoms with Crippen molar-refractivity contribution in [1.82, 2.24) is 15.5 Å². The smallest absolute Gasteiger partial charge is 0.243 e. The lowest BCUT2D eigenvalue weighted by Crippen LogP contribution is -2.34. The molecule has 0 radical (unpaired) electrons. The number of halogens is 2. The summed E-state index contributed by atoms with van der Waals surface area (Å²) in [7, 11) is 0. The Balaban J connectivity index is 1.16. The molecule has 1 fully saturated rings. The molecule has 0 unspecified atom stereocenters. The van der Waals surface area contributed by atoms with Gasteiger partial charge in [-0.2, -0.15) is 0 Å². The van der Waals surface area contributed by atoms with Gasteiger partial charge in [0, 0.05) is 25.2 Å². The summed E-state index contributed by atoms with van der Waals surface area (Å²) in [6.07, 6.45) is 14.7. The molecule has 3 rings (SSSR count). The average Bonchev–Trinajstić information content (AvgIpc) is 2.93. The van der Waals surface area contributed by atoms with Crippen LogP contribution in [0.4, 0.5) is 0 Å². The van der Waals surface area contributed by atoms with Gasteiger partial charge in [0.15, 0.2) is 0 Å². The van der Waals surface area contributed by atoms with Gasteiger partial charge in [0.2, 0.25) is 11.8 Å². The number of carbonyl (C=O) groups excluding carboxylic acids is 2. The van der Waals surface area contributed by atoms with E-state index in [9.17, 15) is 9.59 Å². The van der Waals surface area contributed by atoms with Crippen LogP contribution in [0.5, 0.6) is 0 Å². The Bertz CT molecular complexity index is 1060. The van der Waals surface area contributed by atoms with Gasteiger partial charge >= 0.3 is 0 Å². The Kier molecular flexibility index (Phi) is 13.5. The number of rotatable bonds is 14. The molecule has 1 saturated heterocycles. The summed E-state index contributed by atoms with van der Waals surface area (Å²) in [4.78, 5) is 26.5. The van der Waals surface area contributed by atoms with Crippen molar-refractivity contribution in [2.24, 2.45) is 5.92 Å². The number of piperidine rings is 1. The van der Waals surface area contributed by atoms with Gasteiger partial charge in [-0.05, 0) is 99.5 Å². The number of nitrogens with one attached hydrogen (secondary N) is 2. The van der Waals surface area contributed by atoms with Crippen LogP contribution < -0.4 is 10.6 Å². The van der Waals surface area contributed by atoms with Crippen LogP contribution in [0.3, 0.4) is 0 Å². The van der Waals surface area contributed by atoms with Crippen LogP contribution in [0, 0.1) is 5.92 Å². The van der Waals surface area contributed by atoms with Crippen molar-refractivity contribution < 1.29 is 9.59 Å². The zero-order chi connectivity index (χ0) is 27.0. The zero-order valence-corrected chi connectivity index (χ0v) is 23.5. The molecule has 0 aromatic heterocycles.